The van der Waals surface area contributed by atoms with Gasteiger partial charge in [0, 0.05) is 28.4 Å². The molecule has 0 aliphatic carbocycles. The fraction of sp³-hybridized carbons (Fsp3) is 0.0800. The van der Waals surface area contributed by atoms with Crippen LogP contribution in [0.3, 0.4) is 0 Å². The van der Waals surface area contributed by atoms with Crippen LogP contribution in [0, 0.1) is 0 Å². The highest BCUT2D eigenvalue weighted by Gasteiger charge is 2.24. The highest BCUT2D eigenvalue weighted by Crippen LogP contribution is 2.30. The molecule has 32 heavy (non-hydrogen) atoms. The molecule has 3 heterocycles. The number of aromatic nitrogens is 2. The number of benzene rings is 2. The summed E-state index contributed by atoms with van der Waals surface area (Å²) in [7, 11) is 0. The summed E-state index contributed by atoms with van der Waals surface area (Å²) in [6, 6.07) is 22.0. The van der Waals surface area contributed by atoms with Gasteiger partial charge in [0.25, 0.3) is 5.91 Å². The standard InChI is InChI=1S/C25H19N3O2S2/c29-24(22-17-31-23(26-22)20-12-14-30-15-20)28(13-11-18-7-3-1-4-8-18)25-27-21(16-32-25)19-9-5-2-6-10-19/h1-10,12,14-17H,11,13H2. The quantitative estimate of drug-likeness (QED) is 0.283. The number of carbonyl (C=O) groups is 1. The molecule has 0 saturated heterocycles. The molecule has 5 aromatic rings. The number of carbonyl (C=O) groups excluding carboxylic acids is 1. The maximum atomic E-state index is 13.5. The topological polar surface area (TPSA) is 59.2 Å². The normalized spacial score (nSPS) is 10.9. The largest absolute Gasteiger partial charge is 0.472 e. The van der Waals surface area contributed by atoms with Crippen LogP contribution < -0.4 is 4.90 Å². The number of hydrogen-bond acceptors (Lipinski definition) is 6. The lowest BCUT2D eigenvalue weighted by Crippen LogP contribution is -2.33. The third kappa shape index (κ3) is 4.39. The number of thiazole rings is 2. The van der Waals surface area contributed by atoms with Crippen LogP contribution in [0.4, 0.5) is 5.13 Å². The molecule has 0 radical (unpaired) electrons. The Kier molecular flexibility index (Phi) is 5.91. The summed E-state index contributed by atoms with van der Waals surface area (Å²) < 4.78 is 5.15. The van der Waals surface area contributed by atoms with E-state index >= 15 is 0 Å². The van der Waals surface area contributed by atoms with Gasteiger partial charge in [-0.3, -0.25) is 9.69 Å². The van der Waals surface area contributed by atoms with Gasteiger partial charge in [0.2, 0.25) is 0 Å². The van der Waals surface area contributed by atoms with Gasteiger partial charge in [-0.25, -0.2) is 9.97 Å². The maximum Gasteiger partial charge on any atom is 0.279 e. The van der Waals surface area contributed by atoms with Crippen LogP contribution in [-0.4, -0.2) is 22.4 Å². The van der Waals surface area contributed by atoms with E-state index in [9.17, 15) is 4.79 Å². The van der Waals surface area contributed by atoms with Crippen molar-refractivity contribution in [2.75, 3.05) is 11.4 Å². The first kappa shape index (κ1) is 20.4. The summed E-state index contributed by atoms with van der Waals surface area (Å²) in [6.07, 6.45) is 3.96. The molecule has 3 aromatic heterocycles. The first-order valence-corrected chi connectivity index (χ1v) is 11.9. The van der Waals surface area contributed by atoms with Crippen LogP contribution in [0.1, 0.15) is 16.1 Å². The molecule has 5 nitrogen and oxygen atoms in total. The van der Waals surface area contributed by atoms with Gasteiger partial charge in [-0.05, 0) is 18.1 Å². The van der Waals surface area contributed by atoms with Crippen molar-refractivity contribution < 1.29 is 9.21 Å². The van der Waals surface area contributed by atoms with Gasteiger partial charge < -0.3 is 4.42 Å². The zero-order valence-corrected chi connectivity index (χ0v) is 18.7. The predicted octanol–water partition coefficient (Wildman–Crippen LogP) is 6.42. The Morgan fingerprint density at radius 2 is 1.66 bits per heavy atom. The summed E-state index contributed by atoms with van der Waals surface area (Å²) in [5.41, 5.74) is 4.34. The minimum Gasteiger partial charge on any atom is -0.472 e. The van der Waals surface area contributed by atoms with Crippen molar-refractivity contribution in [2.24, 2.45) is 0 Å². The second kappa shape index (κ2) is 9.30. The molecule has 0 bridgehead atoms. The van der Waals surface area contributed by atoms with Gasteiger partial charge >= 0.3 is 0 Å². The van der Waals surface area contributed by atoms with Crippen LogP contribution in [0.25, 0.3) is 21.8 Å². The first-order chi connectivity index (χ1) is 15.8. The molecule has 0 N–H and O–H groups in total. The number of nitrogens with zero attached hydrogens (tertiary/aromatic N) is 3. The van der Waals surface area contributed by atoms with Crippen molar-refractivity contribution in [3.8, 4) is 21.8 Å². The van der Waals surface area contributed by atoms with E-state index in [1.807, 2.05) is 60.0 Å². The molecular weight excluding hydrogens is 438 g/mol. The number of rotatable bonds is 7. The molecular formula is C25H19N3O2S2. The van der Waals surface area contributed by atoms with Gasteiger partial charge in [0.15, 0.2) is 5.13 Å². The molecule has 158 valence electrons. The SMILES string of the molecule is O=C(c1csc(-c2ccoc2)n1)N(CCc1ccccc1)c1nc(-c2ccccc2)cs1. The second-order valence-corrected chi connectivity index (χ2v) is 8.82. The fourth-order valence-corrected chi connectivity index (χ4v) is 4.97. The monoisotopic (exact) mass is 457 g/mol. The van der Waals surface area contributed by atoms with Gasteiger partial charge in [0.05, 0.1) is 12.0 Å². The van der Waals surface area contributed by atoms with E-state index in [0.29, 0.717) is 17.4 Å². The van der Waals surface area contributed by atoms with E-state index in [2.05, 4.69) is 17.1 Å². The van der Waals surface area contributed by atoms with Crippen LogP contribution in [0.2, 0.25) is 0 Å². The lowest BCUT2D eigenvalue weighted by Gasteiger charge is -2.19. The van der Waals surface area contributed by atoms with E-state index in [1.54, 1.807) is 22.8 Å². The van der Waals surface area contributed by atoms with E-state index in [1.165, 1.54) is 28.2 Å². The van der Waals surface area contributed by atoms with Gasteiger partial charge in [0.1, 0.15) is 17.0 Å². The Morgan fingerprint density at radius 3 is 2.41 bits per heavy atom. The minimum absolute atomic E-state index is 0.152. The van der Waals surface area contributed by atoms with E-state index in [-0.39, 0.29) is 5.91 Å². The zero-order chi connectivity index (χ0) is 21.8. The fourth-order valence-electron chi connectivity index (χ4n) is 3.33. The Bertz CT molecular complexity index is 1300. The second-order valence-electron chi connectivity index (χ2n) is 7.12. The zero-order valence-electron chi connectivity index (χ0n) is 17.0. The molecule has 0 atom stereocenters. The molecule has 0 aliphatic rings. The predicted molar refractivity (Wildman–Crippen MR) is 129 cm³/mol. The Balaban J connectivity index is 1.44. The molecule has 2 aromatic carbocycles. The highest BCUT2D eigenvalue weighted by molar-refractivity contribution is 7.14. The third-order valence-corrected chi connectivity index (χ3v) is 6.75. The third-order valence-electron chi connectivity index (χ3n) is 5.00. The van der Waals surface area contributed by atoms with Crippen molar-refractivity contribution in [2.45, 2.75) is 6.42 Å². The summed E-state index contributed by atoms with van der Waals surface area (Å²) in [4.78, 5) is 24.6. The molecule has 0 aliphatic heterocycles. The molecule has 5 rings (SSSR count). The van der Waals surface area contributed by atoms with E-state index in [0.717, 1.165) is 28.2 Å². The number of anilines is 1. The van der Waals surface area contributed by atoms with Crippen molar-refractivity contribution in [3.63, 3.8) is 0 Å². The van der Waals surface area contributed by atoms with Crippen LogP contribution in [0.5, 0.6) is 0 Å². The molecule has 0 saturated carbocycles. The number of amides is 1. The maximum absolute atomic E-state index is 13.5. The van der Waals surface area contributed by atoms with Crippen molar-refractivity contribution >= 4 is 33.7 Å². The molecule has 0 unspecified atom stereocenters. The molecule has 0 spiro atoms. The Labute approximate surface area is 193 Å². The summed E-state index contributed by atoms with van der Waals surface area (Å²) in [5.74, 6) is -0.152. The van der Waals surface area contributed by atoms with Gasteiger partial charge in [-0.15, -0.1) is 22.7 Å². The number of hydrogen-bond donors (Lipinski definition) is 0. The molecule has 0 fully saturated rings. The van der Waals surface area contributed by atoms with E-state index in [4.69, 9.17) is 9.40 Å². The van der Waals surface area contributed by atoms with Crippen LogP contribution >= 0.6 is 22.7 Å². The lowest BCUT2D eigenvalue weighted by atomic mass is 10.1. The molecule has 1 amide bonds. The lowest BCUT2D eigenvalue weighted by molar-refractivity contribution is 0.0983. The van der Waals surface area contributed by atoms with Crippen LogP contribution in [0.15, 0.2) is 94.4 Å². The number of furan rings is 1. The summed E-state index contributed by atoms with van der Waals surface area (Å²) in [6.45, 7) is 0.517. The van der Waals surface area contributed by atoms with Gasteiger partial charge in [-0.2, -0.15) is 0 Å². The first-order valence-electron chi connectivity index (χ1n) is 10.1. The summed E-state index contributed by atoms with van der Waals surface area (Å²) in [5, 5.41) is 5.22. The highest BCUT2D eigenvalue weighted by atomic mass is 32.1. The minimum atomic E-state index is -0.152. The van der Waals surface area contributed by atoms with Crippen molar-refractivity contribution in [1.29, 1.82) is 0 Å². The molecule has 7 heteroatoms. The van der Waals surface area contributed by atoms with Gasteiger partial charge in [-0.1, -0.05) is 60.7 Å². The Morgan fingerprint density at radius 1 is 0.875 bits per heavy atom. The van der Waals surface area contributed by atoms with Crippen LogP contribution in [-0.2, 0) is 6.42 Å². The van der Waals surface area contributed by atoms with Crippen molar-refractivity contribution in [1.82, 2.24) is 9.97 Å². The summed E-state index contributed by atoms with van der Waals surface area (Å²) >= 11 is 2.90. The van der Waals surface area contributed by atoms with E-state index < -0.39 is 0 Å². The smallest absolute Gasteiger partial charge is 0.279 e. The average molecular weight is 458 g/mol. The average Bonchev–Trinajstić information content (AvgIpc) is 3.62. The Hall–Kier alpha value is -3.55. The van der Waals surface area contributed by atoms with Crippen molar-refractivity contribution in [3.05, 3.63) is 101 Å².